The van der Waals surface area contributed by atoms with Gasteiger partial charge in [0.15, 0.2) is 11.4 Å². The van der Waals surface area contributed by atoms with Crippen LogP contribution in [0.5, 0.6) is 11.8 Å². The number of benzene rings is 3. The number of rotatable bonds is 6. The van der Waals surface area contributed by atoms with E-state index in [0.29, 0.717) is 32.9 Å². The summed E-state index contributed by atoms with van der Waals surface area (Å²) >= 11 is 36.7. The average Bonchev–Trinajstić information content (AvgIpc) is 3.38. The second-order valence-corrected chi connectivity index (χ2v) is 11.2. The molecule has 0 saturated carbocycles. The minimum absolute atomic E-state index is 0.0203. The molecule has 0 aliphatic rings. The maximum atomic E-state index is 11.1. The first-order valence-corrected chi connectivity index (χ1v) is 14.2. The highest BCUT2D eigenvalue weighted by molar-refractivity contribution is 7.80. The summed E-state index contributed by atoms with van der Waals surface area (Å²) in [6.07, 6.45) is 0. The Labute approximate surface area is 268 Å². The molecule has 0 aliphatic carbocycles. The van der Waals surface area contributed by atoms with Crippen molar-refractivity contribution in [3.05, 3.63) is 79.7 Å². The second kappa shape index (κ2) is 12.0. The molecular formula is C26H18Cl4N8O2S2. The Morgan fingerprint density at radius 3 is 1.31 bits per heavy atom. The number of nitrogens with two attached hydrogens (primary N) is 2. The van der Waals surface area contributed by atoms with Gasteiger partial charge in [0.25, 0.3) is 0 Å². The predicted octanol–water partition coefficient (Wildman–Crippen LogP) is 8.37. The summed E-state index contributed by atoms with van der Waals surface area (Å²) in [5.41, 5.74) is 13.2. The first kappa shape index (κ1) is 30.0. The van der Waals surface area contributed by atoms with E-state index in [0.717, 1.165) is 0 Å². The first-order valence-electron chi connectivity index (χ1n) is 11.9. The molecule has 6 N–H and O–H groups in total. The molecule has 10 nitrogen and oxygen atoms in total. The summed E-state index contributed by atoms with van der Waals surface area (Å²) in [5, 5.41) is 38.8. The predicted molar refractivity (Wildman–Crippen MR) is 174 cm³/mol. The molecule has 3 aromatic carbocycles. The summed E-state index contributed by atoms with van der Waals surface area (Å²) in [6, 6.07) is 14.2. The molecular weight excluding hydrogens is 662 g/mol. The van der Waals surface area contributed by atoms with E-state index in [1.54, 1.807) is 48.5 Å². The molecule has 0 unspecified atom stereocenters. The summed E-state index contributed by atoms with van der Waals surface area (Å²) in [5.74, 6) is -0.441. The van der Waals surface area contributed by atoms with E-state index in [4.69, 9.17) is 82.3 Å². The van der Waals surface area contributed by atoms with Gasteiger partial charge < -0.3 is 30.8 Å². The van der Waals surface area contributed by atoms with E-state index < -0.39 is 0 Å². The molecule has 0 fully saturated rings. The lowest BCUT2D eigenvalue weighted by Crippen LogP contribution is -2.06. The molecule has 0 amide bonds. The third-order valence-electron chi connectivity index (χ3n) is 6.41. The highest BCUT2D eigenvalue weighted by atomic mass is 35.5. The molecule has 214 valence electrons. The van der Waals surface area contributed by atoms with Crippen LogP contribution in [0.1, 0.15) is 11.1 Å². The van der Waals surface area contributed by atoms with Crippen molar-refractivity contribution in [1.82, 2.24) is 9.13 Å². The van der Waals surface area contributed by atoms with E-state index >= 15 is 0 Å². The van der Waals surface area contributed by atoms with Crippen LogP contribution in [0.4, 0.5) is 11.4 Å². The zero-order valence-corrected chi connectivity index (χ0v) is 25.8. The average molecular weight is 680 g/mol. The van der Waals surface area contributed by atoms with E-state index in [9.17, 15) is 10.2 Å². The summed E-state index contributed by atoms with van der Waals surface area (Å²) in [4.78, 5) is 0. The third-order valence-corrected chi connectivity index (χ3v) is 8.43. The number of azo groups is 2. The van der Waals surface area contributed by atoms with Crippen molar-refractivity contribution >= 4 is 114 Å². The molecule has 0 radical (unpaired) electrons. The van der Waals surface area contributed by atoms with Crippen LogP contribution in [0.25, 0.3) is 21.8 Å². The van der Waals surface area contributed by atoms with E-state index in [1.165, 1.54) is 9.13 Å². The van der Waals surface area contributed by atoms with Gasteiger partial charge >= 0.3 is 0 Å². The smallest absolute Gasteiger partial charge is 0.221 e. The van der Waals surface area contributed by atoms with Crippen molar-refractivity contribution in [2.75, 3.05) is 0 Å². The van der Waals surface area contributed by atoms with Gasteiger partial charge in [-0.3, -0.25) is 0 Å². The Balaban J connectivity index is 1.61. The minimum atomic E-state index is -0.220. The maximum absolute atomic E-state index is 11.1. The number of hydrogen-bond donors (Lipinski definition) is 4. The van der Waals surface area contributed by atoms with Crippen LogP contribution in [0.3, 0.4) is 0 Å². The van der Waals surface area contributed by atoms with Crippen LogP contribution in [0.15, 0.2) is 69.0 Å². The van der Waals surface area contributed by atoms with Gasteiger partial charge in [-0.15, -0.1) is 20.5 Å². The normalized spacial score (nSPS) is 11.9. The monoisotopic (exact) mass is 678 g/mol. The van der Waals surface area contributed by atoms with Gasteiger partial charge in [-0.2, -0.15) is 0 Å². The molecule has 5 aromatic rings. The standard InChI is InChI=1S/C26H18Cl4N8O2S2/c27-17-13(9-37-15-7-3-1-5-11(15)21(23(37)39)33-35-25(31)41)18(28)20(30)14(19(17)29)10-38-16-8-4-2-6-12(16)22(24(38)40)34-36-26(32)42/h1-8,39-40H,9-10H2,(H2,31,41)(H2,32,42). The van der Waals surface area contributed by atoms with Crippen LogP contribution in [-0.4, -0.2) is 29.6 Å². The fourth-order valence-electron chi connectivity index (χ4n) is 4.58. The molecule has 0 bridgehead atoms. The topological polar surface area (TPSA) is 152 Å². The van der Waals surface area contributed by atoms with Gasteiger partial charge in [-0.1, -0.05) is 82.8 Å². The Bertz CT molecular complexity index is 1820. The van der Waals surface area contributed by atoms with Crippen LogP contribution < -0.4 is 11.5 Å². The Kier molecular flexibility index (Phi) is 8.56. The molecule has 0 atom stereocenters. The molecule has 0 saturated heterocycles. The highest BCUT2D eigenvalue weighted by Crippen LogP contribution is 2.46. The van der Waals surface area contributed by atoms with Crippen LogP contribution in [-0.2, 0) is 13.1 Å². The molecule has 2 heterocycles. The van der Waals surface area contributed by atoms with Gasteiger partial charge in [-0.05, 0) is 36.6 Å². The SMILES string of the molecule is NC(=S)N=Nc1c(O)n(Cc2c(Cl)c(Cl)c(Cn3c(O)c(N=NC(N)=S)c4ccccc43)c(Cl)c2Cl)c2ccccc12. The summed E-state index contributed by atoms with van der Waals surface area (Å²) in [6.45, 7) is -0.0406. The number of nitrogens with zero attached hydrogens (tertiary/aromatic N) is 6. The van der Waals surface area contributed by atoms with Crippen LogP contribution >= 0.6 is 70.8 Å². The van der Waals surface area contributed by atoms with Crippen molar-refractivity contribution in [3.8, 4) is 11.8 Å². The largest absolute Gasteiger partial charge is 0.493 e. The fourth-order valence-corrected chi connectivity index (χ4v) is 5.83. The van der Waals surface area contributed by atoms with Crippen molar-refractivity contribution < 1.29 is 10.2 Å². The summed E-state index contributed by atoms with van der Waals surface area (Å²) < 4.78 is 3.07. The highest BCUT2D eigenvalue weighted by Gasteiger charge is 2.26. The number of fused-ring (bicyclic) bond motifs is 2. The Morgan fingerprint density at radius 2 is 0.976 bits per heavy atom. The number of thiocarbonyl (C=S) groups is 2. The van der Waals surface area contributed by atoms with E-state index in [-0.39, 0.29) is 66.5 Å². The van der Waals surface area contributed by atoms with Gasteiger partial charge in [0.1, 0.15) is 0 Å². The van der Waals surface area contributed by atoms with Gasteiger partial charge in [0.2, 0.25) is 22.0 Å². The zero-order chi connectivity index (χ0) is 30.3. The Morgan fingerprint density at radius 1 is 0.643 bits per heavy atom. The lowest BCUT2D eigenvalue weighted by atomic mass is 10.1. The van der Waals surface area contributed by atoms with Crippen LogP contribution in [0, 0.1) is 0 Å². The first-order chi connectivity index (χ1) is 20.0. The van der Waals surface area contributed by atoms with Crippen molar-refractivity contribution in [3.63, 3.8) is 0 Å². The number of para-hydroxylation sites is 2. The number of aromatic hydroxyl groups is 2. The quantitative estimate of drug-likeness (QED) is 0.0804. The lowest BCUT2D eigenvalue weighted by Gasteiger charge is -2.18. The van der Waals surface area contributed by atoms with Gasteiger partial charge in [0, 0.05) is 21.9 Å². The number of hydrogen-bond acceptors (Lipinski definition) is 6. The fraction of sp³-hybridized carbons (Fsp3) is 0.0769. The molecule has 2 aromatic heterocycles. The third kappa shape index (κ3) is 5.37. The molecule has 5 rings (SSSR count). The van der Waals surface area contributed by atoms with Crippen molar-refractivity contribution in [2.45, 2.75) is 13.1 Å². The maximum Gasteiger partial charge on any atom is 0.221 e. The molecule has 0 spiro atoms. The van der Waals surface area contributed by atoms with Crippen molar-refractivity contribution in [1.29, 1.82) is 0 Å². The summed E-state index contributed by atoms with van der Waals surface area (Å²) in [7, 11) is 0. The molecule has 0 aliphatic heterocycles. The number of halogens is 4. The number of aromatic nitrogens is 2. The molecule has 42 heavy (non-hydrogen) atoms. The molecule has 16 heteroatoms. The lowest BCUT2D eigenvalue weighted by molar-refractivity contribution is 0.428. The zero-order valence-electron chi connectivity index (χ0n) is 21.1. The van der Waals surface area contributed by atoms with Crippen molar-refractivity contribution in [2.24, 2.45) is 31.9 Å². The van der Waals surface area contributed by atoms with Crippen LogP contribution in [0.2, 0.25) is 20.1 Å². The second-order valence-electron chi connectivity index (χ2n) is 8.84. The van der Waals surface area contributed by atoms with Gasteiger partial charge in [-0.25, -0.2) is 0 Å². The Hall–Kier alpha value is -3.52. The minimum Gasteiger partial charge on any atom is -0.493 e. The van der Waals surface area contributed by atoms with E-state index in [2.05, 4.69) is 20.5 Å². The van der Waals surface area contributed by atoms with Gasteiger partial charge in [0.05, 0.1) is 44.2 Å². The van der Waals surface area contributed by atoms with E-state index in [1.807, 2.05) is 0 Å².